The standard InChI is InChI=1S/C20H32N2O2/c1-16-14-18(4-5-20(16)23-3)15-21-8-6-19(7-9-21)17(2)22-10-12-24-13-11-22/h4-5,14,17,19H,6-13,15H2,1-3H3/t17-/m0/s1. The SMILES string of the molecule is COc1ccc(CN2CCC([C@H](C)N3CCOCC3)CC2)cc1C. The van der Waals surface area contributed by atoms with Crippen molar-refractivity contribution in [2.75, 3.05) is 46.5 Å². The number of likely N-dealkylation sites (tertiary alicyclic amines) is 1. The molecule has 0 amide bonds. The lowest BCUT2D eigenvalue weighted by Gasteiger charge is -2.41. The number of methoxy groups -OCH3 is 1. The Morgan fingerprint density at radius 1 is 1.17 bits per heavy atom. The molecule has 0 aliphatic carbocycles. The van der Waals surface area contributed by atoms with Gasteiger partial charge in [-0.15, -0.1) is 0 Å². The van der Waals surface area contributed by atoms with Gasteiger partial charge in [0.2, 0.25) is 0 Å². The summed E-state index contributed by atoms with van der Waals surface area (Å²) < 4.78 is 10.8. The lowest BCUT2D eigenvalue weighted by atomic mass is 9.89. The van der Waals surface area contributed by atoms with Gasteiger partial charge in [0.25, 0.3) is 0 Å². The molecule has 0 N–H and O–H groups in total. The topological polar surface area (TPSA) is 24.9 Å². The van der Waals surface area contributed by atoms with Crippen LogP contribution in [-0.2, 0) is 11.3 Å². The van der Waals surface area contributed by atoms with Crippen LogP contribution >= 0.6 is 0 Å². The van der Waals surface area contributed by atoms with Crippen molar-refractivity contribution >= 4 is 0 Å². The van der Waals surface area contributed by atoms with Crippen LogP contribution in [0.1, 0.15) is 30.9 Å². The molecule has 134 valence electrons. The number of piperidine rings is 1. The molecule has 4 heteroatoms. The highest BCUT2D eigenvalue weighted by molar-refractivity contribution is 5.36. The maximum atomic E-state index is 5.49. The summed E-state index contributed by atoms with van der Waals surface area (Å²) in [5.74, 6) is 1.81. The summed E-state index contributed by atoms with van der Waals surface area (Å²) in [4.78, 5) is 5.22. The number of morpholine rings is 1. The lowest BCUT2D eigenvalue weighted by Crippen LogP contribution is -2.48. The van der Waals surface area contributed by atoms with Gasteiger partial charge >= 0.3 is 0 Å². The molecule has 0 aromatic heterocycles. The van der Waals surface area contributed by atoms with Gasteiger partial charge in [-0.2, -0.15) is 0 Å². The van der Waals surface area contributed by atoms with Crippen LogP contribution in [0.25, 0.3) is 0 Å². The van der Waals surface area contributed by atoms with Crippen LogP contribution in [0.5, 0.6) is 5.75 Å². The fraction of sp³-hybridized carbons (Fsp3) is 0.700. The molecule has 2 aliphatic rings. The van der Waals surface area contributed by atoms with Gasteiger partial charge in [0.05, 0.1) is 20.3 Å². The molecule has 2 heterocycles. The Labute approximate surface area is 146 Å². The molecule has 4 nitrogen and oxygen atoms in total. The lowest BCUT2D eigenvalue weighted by molar-refractivity contribution is -0.00192. The van der Waals surface area contributed by atoms with E-state index in [2.05, 4.69) is 41.8 Å². The Kier molecular flexibility index (Phi) is 6.14. The van der Waals surface area contributed by atoms with Crippen molar-refractivity contribution in [2.24, 2.45) is 5.92 Å². The third-order valence-corrected chi connectivity index (χ3v) is 5.80. The van der Waals surface area contributed by atoms with Crippen LogP contribution in [0.3, 0.4) is 0 Å². The van der Waals surface area contributed by atoms with Gasteiger partial charge in [0.15, 0.2) is 0 Å². The van der Waals surface area contributed by atoms with Crippen LogP contribution in [-0.4, -0.2) is 62.3 Å². The number of hydrogen-bond donors (Lipinski definition) is 0. The monoisotopic (exact) mass is 332 g/mol. The van der Waals surface area contributed by atoms with E-state index in [1.807, 2.05) is 0 Å². The molecule has 24 heavy (non-hydrogen) atoms. The van der Waals surface area contributed by atoms with Crippen LogP contribution in [0, 0.1) is 12.8 Å². The number of aryl methyl sites for hydroxylation is 1. The van der Waals surface area contributed by atoms with Gasteiger partial charge in [-0.25, -0.2) is 0 Å². The van der Waals surface area contributed by atoms with E-state index in [-0.39, 0.29) is 0 Å². The average Bonchev–Trinajstić information content (AvgIpc) is 2.63. The van der Waals surface area contributed by atoms with Crippen molar-refractivity contribution in [3.8, 4) is 5.75 Å². The van der Waals surface area contributed by atoms with Crippen molar-refractivity contribution in [2.45, 2.75) is 39.3 Å². The summed E-state index contributed by atoms with van der Waals surface area (Å²) in [7, 11) is 1.74. The highest BCUT2D eigenvalue weighted by Gasteiger charge is 2.28. The first-order chi connectivity index (χ1) is 11.7. The maximum Gasteiger partial charge on any atom is 0.121 e. The number of rotatable bonds is 5. The molecule has 0 bridgehead atoms. The van der Waals surface area contributed by atoms with E-state index in [4.69, 9.17) is 9.47 Å². The van der Waals surface area contributed by atoms with Gasteiger partial charge in [0, 0.05) is 25.7 Å². The molecule has 2 aliphatic heterocycles. The third kappa shape index (κ3) is 4.29. The number of ether oxygens (including phenoxy) is 2. The fourth-order valence-electron chi connectivity index (χ4n) is 4.17. The number of hydrogen-bond acceptors (Lipinski definition) is 4. The molecule has 0 spiro atoms. The molecule has 1 atom stereocenters. The minimum atomic E-state index is 0.694. The van der Waals surface area contributed by atoms with Gasteiger partial charge < -0.3 is 9.47 Å². The van der Waals surface area contributed by atoms with E-state index in [1.165, 1.54) is 37.1 Å². The number of benzene rings is 1. The summed E-state index contributed by atoms with van der Waals surface area (Å²) in [6.07, 6.45) is 2.63. The van der Waals surface area contributed by atoms with E-state index < -0.39 is 0 Å². The minimum Gasteiger partial charge on any atom is -0.496 e. The first kappa shape index (κ1) is 17.7. The molecule has 0 radical (unpaired) electrons. The molecular formula is C20H32N2O2. The second-order valence-corrected chi connectivity index (χ2v) is 7.31. The van der Waals surface area contributed by atoms with Gasteiger partial charge in [-0.05, 0) is 62.9 Å². The predicted molar refractivity (Wildman–Crippen MR) is 97.6 cm³/mol. The van der Waals surface area contributed by atoms with Crippen molar-refractivity contribution in [1.82, 2.24) is 9.80 Å². The summed E-state index contributed by atoms with van der Waals surface area (Å²) in [6, 6.07) is 7.26. The highest BCUT2D eigenvalue weighted by atomic mass is 16.5. The van der Waals surface area contributed by atoms with E-state index in [9.17, 15) is 0 Å². The fourth-order valence-corrected chi connectivity index (χ4v) is 4.17. The predicted octanol–water partition coefficient (Wildman–Crippen LogP) is 2.94. The summed E-state index contributed by atoms with van der Waals surface area (Å²) in [6.45, 7) is 12.0. The van der Waals surface area contributed by atoms with E-state index >= 15 is 0 Å². The molecule has 1 aromatic carbocycles. The van der Waals surface area contributed by atoms with Gasteiger partial charge in [0.1, 0.15) is 5.75 Å². The van der Waals surface area contributed by atoms with Crippen molar-refractivity contribution in [1.29, 1.82) is 0 Å². The Balaban J connectivity index is 1.49. The van der Waals surface area contributed by atoms with Crippen molar-refractivity contribution < 1.29 is 9.47 Å². The zero-order chi connectivity index (χ0) is 16.9. The molecule has 3 rings (SSSR count). The molecule has 2 saturated heterocycles. The Morgan fingerprint density at radius 2 is 1.88 bits per heavy atom. The largest absolute Gasteiger partial charge is 0.496 e. The van der Waals surface area contributed by atoms with Crippen molar-refractivity contribution in [3.05, 3.63) is 29.3 Å². The zero-order valence-corrected chi connectivity index (χ0v) is 15.5. The van der Waals surface area contributed by atoms with E-state index in [1.54, 1.807) is 7.11 Å². The van der Waals surface area contributed by atoms with Gasteiger partial charge in [-0.3, -0.25) is 9.80 Å². The molecule has 1 aromatic rings. The summed E-state index contributed by atoms with van der Waals surface area (Å²) in [5.41, 5.74) is 2.62. The minimum absolute atomic E-state index is 0.694. The van der Waals surface area contributed by atoms with E-state index in [0.29, 0.717) is 6.04 Å². The normalized spacial score (nSPS) is 22.5. The molecule has 2 fully saturated rings. The zero-order valence-electron chi connectivity index (χ0n) is 15.5. The van der Waals surface area contributed by atoms with E-state index in [0.717, 1.165) is 44.5 Å². The summed E-state index contributed by atoms with van der Waals surface area (Å²) in [5, 5.41) is 0. The van der Waals surface area contributed by atoms with Crippen LogP contribution in [0.4, 0.5) is 0 Å². The Morgan fingerprint density at radius 3 is 2.50 bits per heavy atom. The first-order valence-electron chi connectivity index (χ1n) is 9.35. The van der Waals surface area contributed by atoms with Crippen LogP contribution < -0.4 is 4.74 Å². The smallest absolute Gasteiger partial charge is 0.121 e. The van der Waals surface area contributed by atoms with Crippen LogP contribution in [0.2, 0.25) is 0 Å². The van der Waals surface area contributed by atoms with Gasteiger partial charge in [-0.1, -0.05) is 12.1 Å². The average molecular weight is 332 g/mol. The number of nitrogens with zero attached hydrogens (tertiary/aromatic N) is 2. The Hall–Kier alpha value is -1.10. The van der Waals surface area contributed by atoms with Crippen LogP contribution in [0.15, 0.2) is 18.2 Å². The highest BCUT2D eigenvalue weighted by Crippen LogP contribution is 2.26. The first-order valence-corrected chi connectivity index (χ1v) is 9.35. The quantitative estimate of drug-likeness (QED) is 0.828. The Bertz CT molecular complexity index is 520. The van der Waals surface area contributed by atoms with Crippen molar-refractivity contribution in [3.63, 3.8) is 0 Å². The summed E-state index contributed by atoms with van der Waals surface area (Å²) >= 11 is 0. The third-order valence-electron chi connectivity index (χ3n) is 5.80. The molecule has 0 saturated carbocycles. The second-order valence-electron chi connectivity index (χ2n) is 7.31. The molecule has 0 unspecified atom stereocenters. The maximum absolute atomic E-state index is 5.49. The molecular weight excluding hydrogens is 300 g/mol. The second kappa shape index (κ2) is 8.32.